The first kappa shape index (κ1) is 9.99. The Labute approximate surface area is 79.2 Å². The molecule has 2 N–H and O–H groups in total. The van der Waals surface area contributed by atoms with Crippen molar-refractivity contribution in [3.63, 3.8) is 0 Å². The van der Waals surface area contributed by atoms with E-state index in [0.29, 0.717) is 12.6 Å². The van der Waals surface area contributed by atoms with Crippen molar-refractivity contribution < 1.29 is 0 Å². The van der Waals surface area contributed by atoms with Gasteiger partial charge in [-0.25, -0.2) is 0 Å². The van der Waals surface area contributed by atoms with E-state index in [9.17, 15) is 0 Å². The quantitative estimate of drug-likeness (QED) is 0.769. The average molecular weight is 179 g/mol. The molecule has 0 amide bonds. The molecular weight excluding hydrogens is 162 g/mol. The van der Waals surface area contributed by atoms with Gasteiger partial charge in [0.15, 0.2) is 0 Å². The van der Waals surface area contributed by atoms with Crippen molar-refractivity contribution in [2.24, 2.45) is 5.73 Å². The summed E-state index contributed by atoms with van der Waals surface area (Å²) in [5.74, 6) is 0. The van der Waals surface area contributed by atoms with Gasteiger partial charge in [-0.15, -0.1) is 0 Å². The molecule has 0 aromatic carbocycles. The molecule has 72 valence electrons. The van der Waals surface area contributed by atoms with E-state index in [1.165, 1.54) is 0 Å². The normalized spacial score (nSPS) is 12.5. The van der Waals surface area contributed by atoms with Crippen LogP contribution in [-0.4, -0.2) is 16.3 Å². The number of nitrogens with zero attached hydrogens (tertiary/aromatic N) is 2. The van der Waals surface area contributed by atoms with Crippen LogP contribution in [0.2, 0.25) is 0 Å². The standard InChI is InChI=1S/C10H17N3/c1-8(2)13-5-4-10(12-13)6-9(3)7-11/h4-6,8H,7,11H2,1-3H3/b9-6-. The summed E-state index contributed by atoms with van der Waals surface area (Å²) in [5.41, 5.74) is 7.61. The Morgan fingerprint density at radius 2 is 2.38 bits per heavy atom. The Hall–Kier alpha value is -1.09. The van der Waals surface area contributed by atoms with Gasteiger partial charge in [-0.05, 0) is 32.9 Å². The predicted octanol–water partition coefficient (Wildman–Crippen LogP) is 1.83. The minimum atomic E-state index is 0.417. The Balaban J connectivity index is 2.80. The number of hydrogen-bond acceptors (Lipinski definition) is 2. The van der Waals surface area contributed by atoms with Crippen molar-refractivity contribution in [2.75, 3.05) is 6.54 Å². The highest BCUT2D eigenvalue weighted by atomic mass is 15.3. The summed E-state index contributed by atoms with van der Waals surface area (Å²) in [6.45, 7) is 6.81. The van der Waals surface area contributed by atoms with Crippen molar-refractivity contribution in [3.05, 3.63) is 23.5 Å². The fourth-order valence-electron chi connectivity index (χ4n) is 1.03. The molecule has 1 aromatic rings. The Morgan fingerprint density at radius 3 is 2.85 bits per heavy atom. The van der Waals surface area contributed by atoms with Gasteiger partial charge in [-0.1, -0.05) is 5.57 Å². The third-order valence-electron chi connectivity index (χ3n) is 1.87. The van der Waals surface area contributed by atoms with Crippen LogP contribution < -0.4 is 5.73 Å². The van der Waals surface area contributed by atoms with Gasteiger partial charge in [-0.2, -0.15) is 5.10 Å². The molecule has 0 spiro atoms. The molecule has 1 aromatic heterocycles. The van der Waals surface area contributed by atoms with Gasteiger partial charge >= 0.3 is 0 Å². The van der Waals surface area contributed by atoms with Crippen molar-refractivity contribution >= 4 is 6.08 Å². The zero-order valence-corrected chi connectivity index (χ0v) is 8.49. The molecule has 0 atom stereocenters. The second-order valence-corrected chi connectivity index (χ2v) is 3.51. The number of aromatic nitrogens is 2. The van der Waals surface area contributed by atoms with Gasteiger partial charge in [-0.3, -0.25) is 4.68 Å². The minimum Gasteiger partial charge on any atom is -0.327 e. The minimum absolute atomic E-state index is 0.417. The maximum Gasteiger partial charge on any atom is 0.0850 e. The lowest BCUT2D eigenvalue weighted by Gasteiger charge is -2.02. The van der Waals surface area contributed by atoms with E-state index in [1.54, 1.807) is 0 Å². The van der Waals surface area contributed by atoms with Gasteiger partial charge < -0.3 is 5.73 Å². The molecule has 3 heteroatoms. The Kier molecular flexibility index (Phi) is 3.25. The van der Waals surface area contributed by atoms with E-state index in [1.807, 2.05) is 29.9 Å². The molecule has 0 radical (unpaired) electrons. The van der Waals surface area contributed by atoms with Crippen LogP contribution in [-0.2, 0) is 0 Å². The summed E-state index contributed by atoms with van der Waals surface area (Å²) in [5, 5.41) is 4.38. The van der Waals surface area contributed by atoms with Gasteiger partial charge in [0.1, 0.15) is 0 Å². The largest absolute Gasteiger partial charge is 0.327 e. The summed E-state index contributed by atoms with van der Waals surface area (Å²) in [6.07, 6.45) is 4.00. The van der Waals surface area contributed by atoms with Crippen LogP contribution in [0.5, 0.6) is 0 Å². The number of hydrogen-bond donors (Lipinski definition) is 1. The summed E-state index contributed by atoms with van der Waals surface area (Å²) >= 11 is 0. The highest BCUT2D eigenvalue weighted by Gasteiger charge is 1.99. The second-order valence-electron chi connectivity index (χ2n) is 3.51. The molecule has 1 rings (SSSR count). The summed E-state index contributed by atoms with van der Waals surface area (Å²) < 4.78 is 1.94. The van der Waals surface area contributed by atoms with Crippen LogP contribution in [0.15, 0.2) is 17.8 Å². The molecular formula is C10H17N3. The topological polar surface area (TPSA) is 43.8 Å². The third-order valence-corrected chi connectivity index (χ3v) is 1.87. The molecule has 0 aliphatic rings. The van der Waals surface area contributed by atoms with E-state index in [4.69, 9.17) is 5.73 Å². The van der Waals surface area contributed by atoms with Crippen LogP contribution in [0.3, 0.4) is 0 Å². The third kappa shape index (κ3) is 2.70. The van der Waals surface area contributed by atoms with Gasteiger partial charge in [0.2, 0.25) is 0 Å². The first-order chi connectivity index (χ1) is 6.13. The summed E-state index contributed by atoms with van der Waals surface area (Å²) in [4.78, 5) is 0. The lowest BCUT2D eigenvalue weighted by Crippen LogP contribution is -2.02. The maximum atomic E-state index is 5.48. The second kappa shape index (κ2) is 4.23. The van der Waals surface area contributed by atoms with Gasteiger partial charge in [0.05, 0.1) is 5.69 Å². The molecule has 0 aliphatic heterocycles. The molecule has 0 saturated heterocycles. The van der Waals surface area contributed by atoms with Crippen LogP contribution in [0.4, 0.5) is 0 Å². The first-order valence-electron chi connectivity index (χ1n) is 4.56. The lowest BCUT2D eigenvalue weighted by atomic mass is 10.2. The maximum absolute atomic E-state index is 5.48. The van der Waals surface area contributed by atoms with Crippen LogP contribution in [0.25, 0.3) is 6.08 Å². The molecule has 3 nitrogen and oxygen atoms in total. The van der Waals surface area contributed by atoms with E-state index in [2.05, 4.69) is 18.9 Å². The molecule has 0 saturated carbocycles. The zero-order chi connectivity index (χ0) is 9.84. The average Bonchev–Trinajstić information content (AvgIpc) is 2.52. The van der Waals surface area contributed by atoms with E-state index in [-0.39, 0.29) is 0 Å². The highest BCUT2D eigenvalue weighted by molar-refractivity contribution is 5.47. The van der Waals surface area contributed by atoms with Crippen molar-refractivity contribution in [1.82, 2.24) is 9.78 Å². The van der Waals surface area contributed by atoms with Crippen LogP contribution in [0.1, 0.15) is 32.5 Å². The van der Waals surface area contributed by atoms with Crippen LogP contribution in [0, 0.1) is 0 Å². The van der Waals surface area contributed by atoms with Crippen molar-refractivity contribution in [2.45, 2.75) is 26.8 Å². The Morgan fingerprint density at radius 1 is 1.69 bits per heavy atom. The zero-order valence-electron chi connectivity index (χ0n) is 8.49. The van der Waals surface area contributed by atoms with E-state index in [0.717, 1.165) is 11.3 Å². The van der Waals surface area contributed by atoms with Crippen LogP contribution >= 0.6 is 0 Å². The predicted molar refractivity (Wildman–Crippen MR) is 55.3 cm³/mol. The highest BCUT2D eigenvalue weighted by Crippen LogP contribution is 2.07. The summed E-state index contributed by atoms with van der Waals surface area (Å²) in [7, 11) is 0. The molecule has 1 heterocycles. The summed E-state index contributed by atoms with van der Waals surface area (Å²) in [6, 6.07) is 2.42. The molecule has 0 unspecified atom stereocenters. The molecule has 13 heavy (non-hydrogen) atoms. The van der Waals surface area contributed by atoms with Crippen molar-refractivity contribution in [1.29, 1.82) is 0 Å². The SMILES string of the molecule is C/C(=C/c1ccn(C(C)C)n1)CN. The Bertz CT molecular complexity index is 297. The number of nitrogens with two attached hydrogens (primary N) is 1. The van der Waals surface area contributed by atoms with Crippen molar-refractivity contribution in [3.8, 4) is 0 Å². The fraction of sp³-hybridized carbons (Fsp3) is 0.500. The fourth-order valence-corrected chi connectivity index (χ4v) is 1.03. The smallest absolute Gasteiger partial charge is 0.0850 e. The van der Waals surface area contributed by atoms with E-state index >= 15 is 0 Å². The lowest BCUT2D eigenvalue weighted by molar-refractivity contribution is 0.531. The molecule has 0 fully saturated rings. The molecule has 0 aliphatic carbocycles. The molecule has 0 bridgehead atoms. The van der Waals surface area contributed by atoms with Gasteiger partial charge in [0.25, 0.3) is 0 Å². The monoisotopic (exact) mass is 179 g/mol. The first-order valence-corrected chi connectivity index (χ1v) is 4.56. The number of rotatable bonds is 3. The van der Waals surface area contributed by atoms with Gasteiger partial charge in [0, 0.05) is 18.8 Å². The van der Waals surface area contributed by atoms with E-state index < -0.39 is 0 Å².